The maximum Gasteiger partial charge on any atom is 0.229 e. The van der Waals surface area contributed by atoms with Gasteiger partial charge in [0.1, 0.15) is 5.82 Å². The lowest BCUT2D eigenvalue weighted by atomic mass is 10.0. The van der Waals surface area contributed by atoms with E-state index in [4.69, 9.17) is 15.2 Å². The van der Waals surface area contributed by atoms with Gasteiger partial charge < -0.3 is 15.5 Å². The summed E-state index contributed by atoms with van der Waals surface area (Å²) in [6, 6.07) is 12.8. The highest BCUT2D eigenvalue weighted by atomic mass is 15.3. The molecule has 0 spiro atoms. The van der Waals surface area contributed by atoms with Gasteiger partial charge in [0.15, 0.2) is 0 Å². The van der Waals surface area contributed by atoms with Crippen LogP contribution in [0.4, 0.5) is 17.5 Å². The molecular formula is C25H36N6. The van der Waals surface area contributed by atoms with E-state index in [1.165, 1.54) is 12.8 Å². The molecule has 3 rings (SSSR count). The van der Waals surface area contributed by atoms with E-state index < -0.39 is 0 Å². The van der Waals surface area contributed by atoms with Crippen LogP contribution in [0.2, 0.25) is 0 Å². The largest absolute Gasteiger partial charge is 0.355 e. The third-order valence-electron chi connectivity index (χ3n) is 5.73. The summed E-state index contributed by atoms with van der Waals surface area (Å²) in [6.45, 7) is 11.0. The monoisotopic (exact) mass is 420 g/mol. The summed E-state index contributed by atoms with van der Waals surface area (Å²) in [5.74, 6) is 2.33. The van der Waals surface area contributed by atoms with E-state index in [9.17, 15) is 0 Å². The van der Waals surface area contributed by atoms with E-state index in [0.717, 1.165) is 55.5 Å². The summed E-state index contributed by atoms with van der Waals surface area (Å²) >= 11 is 0. The van der Waals surface area contributed by atoms with Crippen LogP contribution >= 0.6 is 0 Å². The summed E-state index contributed by atoms with van der Waals surface area (Å²) in [5, 5.41) is 16.3. The van der Waals surface area contributed by atoms with Crippen LogP contribution in [0, 0.1) is 17.2 Å². The highest BCUT2D eigenvalue weighted by Gasteiger charge is 2.25. The molecule has 0 bridgehead atoms. The highest BCUT2D eigenvalue weighted by Crippen LogP contribution is 2.23. The van der Waals surface area contributed by atoms with Crippen LogP contribution in [0.3, 0.4) is 0 Å². The average Bonchev–Trinajstić information content (AvgIpc) is 3.21. The van der Waals surface area contributed by atoms with Gasteiger partial charge in [-0.1, -0.05) is 33.3 Å². The molecule has 166 valence electrons. The Hall–Kier alpha value is -2.65. The number of benzene rings is 1. The summed E-state index contributed by atoms with van der Waals surface area (Å²) in [5.41, 5.74) is 2.50. The molecule has 2 aromatic rings. The van der Waals surface area contributed by atoms with Crippen LogP contribution in [-0.4, -0.2) is 35.1 Å². The van der Waals surface area contributed by atoms with E-state index >= 15 is 0 Å². The number of hydrogen-bond acceptors (Lipinski definition) is 6. The maximum absolute atomic E-state index is 9.16. The topological polar surface area (TPSA) is 76.9 Å². The normalized spacial score (nSPS) is 17.0. The summed E-state index contributed by atoms with van der Waals surface area (Å²) in [4.78, 5) is 11.9. The van der Waals surface area contributed by atoms with Gasteiger partial charge in [-0.15, -0.1) is 0 Å². The molecule has 0 amide bonds. The van der Waals surface area contributed by atoms with Crippen LogP contribution < -0.4 is 15.5 Å². The predicted molar refractivity (Wildman–Crippen MR) is 128 cm³/mol. The molecule has 0 radical (unpaired) electrons. The zero-order chi connectivity index (χ0) is 22.2. The number of nitriles is 1. The second-order valence-corrected chi connectivity index (χ2v) is 9.08. The van der Waals surface area contributed by atoms with Crippen LogP contribution in [0.5, 0.6) is 0 Å². The van der Waals surface area contributed by atoms with E-state index in [1.807, 2.05) is 18.2 Å². The van der Waals surface area contributed by atoms with Crippen molar-refractivity contribution in [3.8, 4) is 6.07 Å². The number of aromatic nitrogens is 2. The number of rotatable bonds is 10. The Morgan fingerprint density at radius 2 is 2.03 bits per heavy atom. The highest BCUT2D eigenvalue weighted by molar-refractivity contribution is 5.58. The first kappa shape index (κ1) is 23.0. The first-order valence-corrected chi connectivity index (χ1v) is 11.6. The molecule has 0 saturated carbocycles. The molecule has 2 N–H and O–H groups in total. The zero-order valence-electron chi connectivity index (χ0n) is 19.4. The smallest absolute Gasteiger partial charge is 0.229 e. The van der Waals surface area contributed by atoms with Crippen molar-refractivity contribution in [1.82, 2.24) is 15.3 Å². The molecule has 1 aliphatic heterocycles. The fraction of sp³-hybridized carbons (Fsp3) is 0.560. The Labute approximate surface area is 187 Å². The average molecular weight is 421 g/mol. The SMILES string of the molecule is CCCc1cc(N2CCC(NC(C)CCC(C)C)C2)nc(Nc2cccc(C#N)c2)n1. The molecule has 1 aliphatic rings. The van der Waals surface area contributed by atoms with Gasteiger partial charge in [0, 0.05) is 42.6 Å². The minimum absolute atomic E-state index is 0.496. The van der Waals surface area contributed by atoms with Crippen molar-refractivity contribution in [3.63, 3.8) is 0 Å². The van der Waals surface area contributed by atoms with Gasteiger partial charge >= 0.3 is 0 Å². The molecule has 1 aromatic heterocycles. The Morgan fingerprint density at radius 3 is 2.77 bits per heavy atom. The van der Waals surface area contributed by atoms with Crippen molar-refractivity contribution < 1.29 is 0 Å². The van der Waals surface area contributed by atoms with E-state index in [0.29, 0.717) is 23.6 Å². The summed E-state index contributed by atoms with van der Waals surface area (Å²) in [7, 11) is 0. The van der Waals surface area contributed by atoms with Gasteiger partial charge in [-0.3, -0.25) is 0 Å². The van der Waals surface area contributed by atoms with Gasteiger partial charge in [0.05, 0.1) is 11.6 Å². The molecule has 0 aliphatic carbocycles. The Kier molecular flexibility index (Phi) is 8.25. The fourth-order valence-corrected chi connectivity index (χ4v) is 4.05. The Morgan fingerprint density at radius 1 is 1.19 bits per heavy atom. The molecule has 1 aromatic carbocycles. The Bertz CT molecular complexity index is 888. The van der Waals surface area contributed by atoms with E-state index in [-0.39, 0.29) is 0 Å². The zero-order valence-corrected chi connectivity index (χ0v) is 19.4. The lowest BCUT2D eigenvalue weighted by molar-refractivity contribution is 0.412. The summed E-state index contributed by atoms with van der Waals surface area (Å²) < 4.78 is 0. The van der Waals surface area contributed by atoms with Crippen molar-refractivity contribution >= 4 is 17.5 Å². The first-order valence-electron chi connectivity index (χ1n) is 11.6. The second-order valence-electron chi connectivity index (χ2n) is 9.08. The molecule has 6 nitrogen and oxygen atoms in total. The van der Waals surface area contributed by atoms with Gasteiger partial charge in [-0.25, -0.2) is 4.98 Å². The molecule has 6 heteroatoms. The van der Waals surface area contributed by atoms with Crippen molar-refractivity contribution in [2.75, 3.05) is 23.3 Å². The lowest BCUT2D eigenvalue weighted by Gasteiger charge is -2.22. The van der Waals surface area contributed by atoms with Crippen LogP contribution in [0.1, 0.15) is 64.6 Å². The molecule has 2 atom stereocenters. The maximum atomic E-state index is 9.16. The van der Waals surface area contributed by atoms with Crippen LogP contribution in [-0.2, 0) is 6.42 Å². The molecule has 2 heterocycles. The minimum Gasteiger partial charge on any atom is -0.355 e. The van der Waals surface area contributed by atoms with Crippen molar-refractivity contribution in [3.05, 3.63) is 41.6 Å². The third kappa shape index (κ3) is 6.93. The molecule has 1 fully saturated rings. The molecule has 31 heavy (non-hydrogen) atoms. The number of nitrogens with zero attached hydrogens (tertiary/aromatic N) is 4. The minimum atomic E-state index is 0.496. The second kappa shape index (κ2) is 11.1. The van der Waals surface area contributed by atoms with E-state index in [2.05, 4.69) is 55.4 Å². The van der Waals surface area contributed by atoms with Gasteiger partial charge in [-0.05, 0) is 56.7 Å². The lowest BCUT2D eigenvalue weighted by Crippen LogP contribution is -2.38. The number of aryl methyl sites for hydroxylation is 1. The van der Waals surface area contributed by atoms with Crippen LogP contribution in [0.15, 0.2) is 30.3 Å². The quantitative estimate of drug-likeness (QED) is 0.561. The Balaban J connectivity index is 1.69. The number of anilines is 3. The van der Waals surface area contributed by atoms with Gasteiger partial charge in [-0.2, -0.15) is 10.2 Å². The fourth-order valence-electron chi connectivity index (χ4n) is 4.05. The van der Waals surface area contributed by atoms with Crippen molar-refractivity contribution in [1.29, 1.82) is 5.26 Å². The summed E-state index contributed by atoms with van der Waals surface area (Å²) in [6.07, 6.45) is 5.57. The molecule has 1 saturated heterocycles. The number of hydrogen-bond donors (Lipinski definition) is 2. The molecular weight excluding hydrogens is 384 g/mol. The predicted octanol–water partition coefficient (Wildman–Crippen LogP) is 5.04. The van der Waals surface area contributed by atoms with Crippen molar-refractivity contribution in [2.24, 2.45) is 5.92 Å². The standard InChI is InChI=1S/C25H36N6/c1-5-7-21-15-24(30-25(28-21)29-22-9-6-8-20(14-22)16-26)31-13-12-23(17-31)27-19(4)11-10-18(2)3/h6,8-9,14-15,18-19,23,27H,5,7,10-13,17H2,1-4H3,(H,28,29,30). The van der Waals surface area contributed by atoms with Gasteiger partial charge in [0.25, 0.3) is 0 Å². The van der Waals surface area contributed by atoms with Crippen molar-refractivity contribution in [2.45, 2.75) is 71.9 Å². The van der Waals surface area contributed by atoms with E-state index in [1.54, 1.807) is 6.07 Å². The first-order chi connectivity index (χ1) is 15.0. The molecule has 2 unspecified atom stereocenters. The third-order valence-corrected chi connectivity index (χ3v) is 5.73. The number of nitrogens with one attached hydrogen (secondary N) is 2. The van der Waals surface area contributed by atoms with Crippen LogP contribution in [0.25, 0.3) is 0 Å². The van der Waals surface area contributed by atoms with Gasteiger partial charge in [0.2, 0.25) is 5.95 Å².